The van der Waals surface area contributed by atoms with Gasteiger partial charge in [0, 0.05) is 25.6 Å². The van der Waals surface area contributed by atoms with E-state index < -0.39 is 16.6 Å². The molecule has 0 aromatic heterocycles. The van der Waals surface area contributed by atoms with Crippen LogP contribution < -0.4 is 20.7 Å². The Kier molecular flexibility index (Phi) is 9.62. The molecule has 0 heterocycles. The molecule has 0 saturated heterocycles. The molecule has 0 bridgehead atoms. The molecule has 0 amide bonds. The Morgan fingerprint density at radius 3 is 1.18 bits per heavy atom. The number of ketones is 1. The van der Waals surface area contributed by atoms with Gasteiger partial charge in [0.1, 0.15) is 5.78 Å². The Bertz CT molecular complexity index is 1410. The van der Waals surface area contributed by atoms with Crippen LogP contribution in [0.1, 0.15) is 54.4 Å². The predicted molar refractivity (Wildman–Crippen MR) is 188 cm³/mol. The highest BCUT2D eigenvalue weighted by Crippen LogP contribution is 2.41. The number of hydrogen-bond acceptors (Lipinski definition) is 3. The highest BCUT2D eigenvalue weighted by atomic mass is 28.4. The van der Waals surface area contributed by atoms with Gasteiger partial charge in [-0.2, -0.15) is 0 Å². The molecule has 1 fully saturated rings. The molecule has 44 heavy (non-hydrogen) atoms. The number of Topliss-reactive ketones (excluding diaryl/α,β-unsaturated/α-hetero) is 1. The predicted octanol–water partition coefficient (Wildman–Crippen LogP) is 6.73. The fraction of sp³-hybridized carbons (Fsp3) is 0.359. The lowest BCUT2D eigenvalue weighted by atomic mass is 9.98. The second-order valence-corrected chi connectivity index (χ2v) is 22.9. The van der Waals surface area contributed by atoms with Crippen molar-refractivity contribution >= 4 is 43.2 Å². The average Bonchev–Trinajstić information content (AvgIpc) is 3.37. The van der Waals surface area contributed by atoms with Crippen molar-refractivity contribution in [1.82, 2.24) is 0 Å². The Balaban J connectivity index is 1.48. The van der Waals surface area contributed by atoms with Gasteiger partial charge in [0.15, 0.2) is 0 Å². The van der Waals surface area contributed by atoms with Gasteiger partial charge in [0.2, 0.25) is 0 Å². The Morgan fingerprint density at radius 1 is 0.545 bits per heavy atom. The lowest BCUT2D eigenvalue weighted by molar-refractivity contribution is -0.122. The molecule has 5 heteroatoms. The quantitative estimate of drug-likeness (QED) is 0.184. The van der Waals surface area contributed by atoms with Crippen molar-refractivity contribution in [2.45, 2.75) is 64.5 Å². The van der Waals surface area contributed by atoms with Crippen LogP contribution in [0.2, 0.25) is 10.1 Å². The normalized spacial score (nSPS) is 18.0. The molecule has 0 aliphatic heterocycles. The first-order valence-corrected chi connectivity index (χ1v) is 19.8. The molecule has 3 nitrogen and oxygen atoms in total. The van der Waals surface area contributed by atoms with Crippen molar-refractivity contribution in [2.24, 2.45) is 11.8 Å². The van der Waals surface area contributed by atoms with Crippen LogP contribution in [0, 0.1) is 11.8 Å². The SMILES string of the molecule is CC(C)(C)[Si](OC[C@H]1CCC(=O)[C@@H]1CO[Si](c1ccccc1)(c1ccccc1)C(C)(C)C)(c1ccccc1)c1ccccc1. The molecule has 0 radical (unpaired) electrons. The summed E-state index contributed by atoms with van der Waals surface area (Å²) in [4.78, 5) is 13.6. The van der Waals surface area contributed by atoms with E-state index in [9.17, 15) is 4.79 Å². The van der Waals surface area contributed by atoms with Gasteiger partial charge in [-0.15, -0.1) is 0 Å². The number of rotatable bonds is 10. The highest BCUT2D eigenvalue weighted by molar-refractivity contribution is 7.00. The van der Waals surface area contributed by atoms with Crippen LogP contribution in [0.4, 0.5) is 0 Å². The molecule has 1 aliphatic carbocycles. The smallest absolute Gasteiger partial charge is 0.261 e. The molecule has 1 saturated carbocycles. The van der Waals surface area contributed by atoms with E-state index in [1.165, 1.54) is 20.7 Å². The lowest BCUT2D eigenvalue weighted by Crippen LogP contribution is -2.67. The van der Waals surface area contributed by atoms with Gasteiger partial charge < -0.3 is 8.85 Å². The van der Waals surface area contributed by atoms with Crippen LogP contribution in [0.3, 0.4) is 0 Å². The topological polar surface area (TPSA) is 35.5 Å². The van der Waals surface area contributed by atoms with Crippen molar-refractivity contribution in [3.05, 3.63) is 121 Å². The van der Waals surface area contributed by atoms with Crippen molar-refractivity contribution < 1.29 is 13.6 Å². The first-order valence-electron chi connectivity index (χ1n) is 16.0. The summed E-state index contributed by atoms with van der Waals surface area (Å²) in [5.74, 6) is 0.233. The van der Waals surface area contributed by atoms with Crippen molar-refractivity contribution in [3.63, 3.8) is 0 Å². The van der Waals surface area contributed by atoms with E-state index in [2.05, 4.69) is 163 Å². The maximum Gasteiger partial charge on any atom is 0.261 e. The first-order chi connectivity index (χ1) is 21.0. The Morgan fingerprint density at radius 2 is 0.864 bits per heavy atom. The summed E-state index contributed by atoms with van der Waals surface area (Å²) in [6.07, 6.45) is 1.43. The van der Waals surface area contributed by atoms with E-state index in [1.54, 1.807) is 0 Å². The maximum absolute atomic E-state index is 13.6. The second-order valence-electron chi connectivity index (χ2n) is 14.3. The molecular formula is C39H48O3Si2. The molecule has 230 valence electrons. The third-order valence-electron chi connectivity index (χ3n) is 9.57. The zero-order valence-electron chi connectivity index (χ0n) is 27.3. The van der Waals surface area contributed by atoms with Crippen molar-refractivity contribution in [2.75, 3.05) is 13.2 Å². The van der Waals surface area contributed by atoms with Gasteiger partial charge in [0.05, 0.1) is 0 Å². The van der Waals surface area contributed by atoms with Crippen LogP contribution in [0.25, 0.3) is 0 Å². The standard InChI is InChI=1S/C39H48O3Si2/c1-38(2,3)43(32-19-11-7-12-20-32,33-21-13-8-14-22-33)41-29-31-27-28-37(40)36(31)30-42-44(39(4,5)6,34-23-15-9-16-24-34)35-25-17-10-18-26-35/h7-26,31,36H,27-30H2,1-6H3/t31-,36-/m1/s1. The minimum atomic E-state index is -2.76. The monoisotopic (exact) mass is 620 g/mol. The minimum Gasteiger partial charge on any atom is -0.407 e. The molecule has 0 spiro atoms. The molecule has 2 atom stereocenters. The van der Waals surface area contributed by atoms with Gasteiger partial charge in [-0.3, -0.25) is 4.79 Å². The van der Waals surface area contributed by atoms with E-state index in [4.69, 9.17) is 8.85 Å². The van der Waals surface area contributed by atoms with Crippen LogP contribution in [0.15, 0.2) is 121 Å². The Labute approximate surface area is 266 Å². The number of carbonyl (C=O) groups is 1. The van der Waals surface area contributed by atoms with E-state index >= 15 is 0 Å². The average molecular weight is 621 g/mol. The first kappa shape index (κ1) is 32.3. The molecule has 1 aliphatic rings. The van der Waals surface area contributed by atoms with E-state index in [0.29, 0.717) is 25.4 Å². The zero-order chi connectivity index (χ0) is 31.4. The lowest BCUT2D eigenvalue weighted by Gasteiger charge is -2.44. The number of carbonyl (C=O) groups excluding carboxylic acids is 1. The van der Waals surface area contributed by atoms with Gasteiger partial charge in [-0.05, 0) is 43.2 Å². The number of hydrogen-bond donors (Lipinski definition) is 0. The fourth-order valence-electron chi connectivity index (χ4n) is 7.38. The molecule has 4 aromatic rings. The van der Waals surface area contributed by atoms with Gasteiger partial charge in [-0.25, -0.2) is 0 Å². The molecular weight excluding hydrogens is 573 g/mol. The number of benzene rings is 4. The second kappa shape index (κ2) is 13.1. The minimum absolute atomic E-state index is 0.112. The molecule has 5 rings (SSSR count). The summed E-state index contributed by atoms with van der Waals surface area (Å²) < 4.78 is 14.6. The summed E-state index contributed by atoms with van der Waals surface area (Å²) in [6, 6.07) is 43.0. The molecule has 0 unspecified atom stereocenters. The van der Waals surface area contributed by atoms with E-state index in [0.717, 1.165) is 6.42 Å². The van der Waals surface area contributed by atoms with Crippen LogP contribution in [-0.4, -0.2) is 35.6 Å². The van der Waals surface area contributed by atoms with Crippen molar-refractivity contribution in [1.29, 1.82) is 0 Å². The van der Waals surface area contributed by atoms with Crippen molar-refractivity contribution in [3.8, 4) is 0 Å². The summed E-state index contributed by atoms with van der Waals surface area (Å²) >= 11 is 0. The van der Waals surface area contributed by atoms with E-state index in [1.807, 2.05) is 0 Å². The summed E-state index contributed by atoms with van der Waals surface area (Å²) in [5, 5.41) is 4.76. The maximum atomic E-state index is 13.6. The van der Waals surface area contributed by atoms with Crippen LogP contribution >= 0.6 is 0 Å². The van der Waals surface area contributed by atoms with Crippen LogP contribution in [0.5, 0.6) is 0 Å². The van der Waals surface area contributed by atoms with Gasteiger partial charge in [0.25, 0.3) is 16.6 Å². The summed E-state index contributed by atoms with van der Waals surface area (Å²) in [5.41, 5.74) is 0. The zero-order valence-corrected chi connectivity index (χ0v) is 29.3. The summed E-state index contributed by atoms with van der Waals surface area (Å²) in [6.45, 7) is 14.8. The highest BCUT2D eigenvalue weighted by Gasteiger charge is 2.53. The molecule has 4 aromatic carbocycles. The fourth-order valence-corrected chi connectivity index (χ4v) is 16.6. The summed E-state index contributed by atoms with van der Waals surface area (Å²) in [7, 11) is -5.46. The molecule has 0 N–H and O–H groups in total. The van der Waals surface area contributed by atoms with E-state index in [-0.39, 0.29) is 21.9 Å². The third-order valence-corrected chi connectivity index (χ3v) is 19.6. The van der Waals surface area contributed by atoms with Gasteiger partial charge in [-0.1, -0.05) is 163 Å². The third kappa shape index (κ3) is 6.08. The Hall–Kier alpha value is -3.10. The largest absolute Gasteiger partial charge is 0.407 e. The van der Waals surface area contributed by atoms with Crippen LogP contribution in [-0.2, 0) is 13.6 Å². The van der Waals surface area contributed by atoms with Gasteiger partial charge >= 0.3 is 0 Å².